The number of nitro groups is 1. The molecule has 1 N–H and O–H groups in total. The molecule has 1 aromatic rings. The highest BCUT2D eigenvalue weighted by Gasteiger charge is 2.37. The molecule has 1 saturated heterocycles. The van der Waals surface area contributed by atoms with Crippen molar-refractivity contribution in [3.63, 3.8) is 0 Å². The largest absolute Gasteiger partial charge is 0.418 e. The van der Waals surface area contributed by atoms with Gasteiger partial charge in [0.25, 0.3) is 5.69 Å². The van der Waals surface area contributed by atoms with Gasteiger partial charge in [0.1, 0.15) is 0 Å². The highest BCUT2D eigenvalue weighted by Crippen LogP contribution is 2.39. The SMILES string of the molecule is CC(C)C(=O)NC1CCCN(c2ccc([N+](=O)[O-])cc2C(F)(F)F)C1. The molecular weight excluding hydrogens is 339 g/mol. The molecule has 1 atom stereocenters. The Morgan fingerprint density at radius 3 is 2.64 bits per heavy atom. The molecule has 25 heavy (non-hydrogen) atoms. The van der Waals surface area contributed by atoms with Crippen molar-refractivity contribution in [2.45, 2.75) is 38.9 Å². The van der Waals surface area contributed by atoms with E-state index in [1.54, 1.807) is 13.8 Å². The number of halogens is 3. The molecule has 1 aliphatic rings. The number of rotatable bonds is 4. The monoisotopic (exact) mass is 359 g/mol. The molecule has 1 amide bonds. The van der Waals surface area contributed by atoms with E-state index in [0.717, 1.165) is 12.1 Å². The zero-order valence-electron chi connectivity index (χ0n) is 14.0. The molecule has 1 heterocycles. The van der Waals surface area contributed by atoms with Crippen LogP contribution in [-0.4, -0.2) is 30.0 Å². The third kappa shape index (κ3) is 4.61. The maximum atomic E-state index is 13.3. The minimum atomic E-state index is -4.70. The number of nitrogens with one attached hydrogen (secondary N) is 1. The van der Waals surface area contributed by atoms with Gasteiger partial charge < -0.3 is 10.2 Å². The highest BCUT2D eigenvalue weighted by atomic mass is 19.4. The fourth-order valence-corrected chi connectivity index (χ4v) is 2.82. The Labute approximate surface area is 143 Å². The van der Waals surface area contributed by atoms with E-state index >= 15 is 0 Å². The number of non-ortho nitro benzene ring substituents is 1. The first-order valence-electron chi connectivity index (χ1n) is 8.00. The van der Waals surface area contributed by atoms with Crippen LogP contribution in [0.5, 0.6) is 0 Å². The lowest BCUT2D eigenvalue weighted by molar-refractivity contribution is -0.385. The van der Waals surface area contributed by atoms with Crippen molar-refractivity contribution in [2.24, 2.45) is 5.92 Å². The van der Waals surface area contributed by atoms with Gasteiger partial charge in [0.2, 0.25) is 5.91 Å². The van der Waals surface area contributed by atoms with Gasteiger partial charge in [-0.1, -0.05) is 13.8 Å². The fourth-order valence-electron chi connectivity index (χ4n) is 2.82. The van der Waals surface area contributed by atoms with Gasteiger partial charge in [-0.25, -0.2) is 0 Å². The van der Waals surface area contributed by atoms with E-state index in [4.69, 9.17) is 0 Å². The summed E-state index contributed by atoms with van der Waals surface area (Å²) in [5, 5.41) is 13.6. The van der Waals surface area contributed by atoms with E-state index in [1.165, 1.54) is 4.90 Å². The van der Waals surface area contributed by atoms with Crippen LogP contribution in [0.1, 0.15) is 32.3 Å². The van der Waals surface area contributed by atoms with E-state index in [9.17, 15) is 28.1 Å². The van der Waals surface area contributed by atoms with Gasteiger partial charge in [-0.3, -0.25) is 14.9 Å². The Bertz CT molecular complexity index is 662. The Hall–Kier alpha value is -2.32. The summed E-state index contributed by atoms with van der Waals surface area (Å²) in [4.78, 5) is 23.3. The summed E-state index contributed by atoms with van der Waals surface area (Å²) < 4.78 is 40.0. The van der Waals surface area contributed by atoms with Gasteiger partial charge in [-0.15, -0.1) is 0 Å². The second-order valence-electron chi connectivity index (χ2n) is 6.40. The van der Waals surface area contributed by atoms with E-state index in [-0.39, 0.29) is 30.1 Å². The second kappa shape index (κ2) is 7.28. The predicted molar refractivity (Wildman–Crippen MR) is 86.3 cm³/mol. The normalized spacial score (nSPS) is 18.3. The molecule has 0 aromatic heterocycles. The summed E-state index contributed by atoms with van der Waals surface area (Å²) in [6.07, 6.45) is -3.39. The van der Waals surface area contributed by atoms with Gasteiger partial charge in [0, 0.05) is 42.9 Å². The molecule has 0 saturated carbocycles. The topological polar surface area (TPSA) is 75.5 Å². The summed E-state index contributed by atoms with van der Waals surface area (Å²) in [5.74, 6) is -0.355. The van der Waals surface area contributed by atoms with Crippen LogP contribution in [0.2, 0.25) is 0 Å². The van der Waals surface area contributed by atoms with Crippen molar-refractivity contribution in [1.29, 1.82) is 0 Å². The Morgan fingerprint density at radius 1 is 1.40 bits per heavy atom. The maximum Gasteiger partial charge on any atom is 0.418 e. The van der Waals surface area contributed by atoms with Crippen molar-refractivity contribution in [3.05, 3.63) is 33.9 Å². The quantitative estimate of drug-likeness (QED) is 0.661. The molecule has 138 valence electrons. The van der Waals surface area contributed by atoms with Crippen molar-refractivity contribution >= 4 is 17.3 Å². The number of carbonyl (C=O) groups is 1. The summed E-state index contributed by atoms with van der Waals surface area (Å²) in [6, 6.07) is 2.51. The van der Waals surface area contributed by atoms with Crippen LogP contribution in [0.4, 0.5) is 24.5 Å². The molecule has 1 fully saturated rings. The van der Waals surface area contributed by atoms with Crippen LogP contribution in [-0.2, 0) is 11.0 Å². The zero-order valence-corrected chi connectivity index (χ0v) is 14.0. The number of amides is 1. The molecule has 0 bridgehead atoms. The number of hydrogen-bond donors (Lipinski definition) is 1. The molecular formula is C16H20F3N3O3. The van der Waals surface area contributed by atoms with E-state index in [2.05, 4.69) is 5.32 Å². The average Bonchev–Trinajstić information content (AvgIpc) is 2.53. The molecule has 0 spiro atoms. The first kappa shape index (κ1) is 19.0. The third-order valence-corrected chi connectivity index (χ3v) is 4.13. The lowest BCUT2D eigenvalue weighted by Crippen LogP contribution is -2.49. The molecule has 0 aliphatic carbocycles. The number of nitrogens with zero attached hydrogens (tertiary/aromatic N) is 2. The lowest BCUT2D eigenvalue weighted by atomic mass is 10.0. The van der Waals surface area contributed by atoms with Crippen LogP contribution in [0.15, 0.2) is 18.2 Å². The fraction of sp³-hybridized carbons (Fsp3) is 0.562. The predicted octanol–water partition coefficient (Wildman–Crippen LogP) is 3.35. The van der Waals surface area contributed by atoms with Crippen molar-refractivity contribution in [2.75, 3.05) is 18.0 Å². The van der Waals surface area contributed by atoms with Gasteiger partial charge in [-0.2, -0.15) is 13.2 Å². The van der Waals surface area contributed by atoms with Gasteiger partial charge >= 0.3 is 6.18 Å². The molecule has 9 heteroatoms. The number of alkyl halides is 3. The molecule has 2 rings (SSSR count). The molecule has 6 nitrogen and oxygen atoms in total. The number of piperidine rings is 1. The molecule has 1 unspecified atom stereocenters. The number of nitro benzene ring substituents is 1. The van der Waals surface area contributed by atoms with Gasteiger partial charge in [-0.05, 0) is 18.9 Å². The van der Waals surface area contributed by atoms with E-state index in [0.29, 0.717) is 25.5 Å². The maximum absolute atomic E-state index is 13.3. The summed E-state index contributed by atoms with van der Waals surface area (Å²) >= 11 is 0. The first-order chi connectivity index (χ1) is 11.6. The number of benzene rings is 1. The summed E-state index contributed by atoms with van der Waals surface area (Å²) in [5.41, 5.74) is -1.73. The summed E-state index contributed by atoms with van der Waals surface area (Å²) in [6.45, 7) is 4.12. The average molecular weight is 359 g/mol. The number of anilines is 1. The zero-order chi connectivity index (χ0) is 18.8. The Kier molecular flexibility index (Phi) is 5.54. The smallest absolute Gasteiger partial charge is 0.369 e. The van der Waals surface area contributed by atoms with Crippen molar-refractivity contribution < 1.29 is 22.9 Å². The van der Waals surface area contributed by atoms with Crippen molar-refractivity contribution in [3.8, 4) is 0 Å². The molecule has 1 aromatic carbocycles. The Balaban J connectivity index is 2.27. The van der Waals surface area contributed by atoms with Crippen molar-refractivity contribution in [1.82, 2.24) is 5.32 Å². The van der Waals surface area contributed by atoms with Crippen LogP contribution >= 0.6 is 0 Å². The van der Waals surface area contributed by atoms with Crippen LogP contribution in [0.3, 0.4) is 0 Å². The Morgan fingerprint density at radius 2 is 2.08 bits per heavy atom. The first-order valence-corrected chi connectivity index (χ1v) is 8.00. The van der Waals surface area contributed by atoms with Crippen LogP contribution in [0.25, 0.3) is 0 Å². The van der Waals surface area contributed by atoms with Gasteiger partial charge in [0.15, 0.2) is 0 Å². The molecule has 0 radical (unpaired) electrons. The van der Waals surface area contributed by atoms with E-state index in [1.807, 2.05) is 0 Å². The highest BCUT2D eigenvalue weighted by molar-refractivity contribution is 5.78. The summed E-state index contributed by atoms with van der Waals surface area (Å²) in [7, 11) is 0. The minimum Gasteiger partial charge on any atom is -0.369 e. The van der Waals surface area contributed by atoms with Crippen LogP contribution < -0.4 is 10.2 Å². The third-order valence-electron chi connectivity index (χ3n) is 4.13. The minimum absolute atomic E-state index is 0.0957. The molecule has 1 aliphatic heterocycles. The second-order valence-corrected chi connectivity index (χ2v) is 6.40. The standard InChI is InChI=1S/C16H20F3N3O3/c1-10(2)15(23)20-11-4-3-7-21(9-11)14-6-5-12(22(24)25)8-13(14)16(17,18)19/h5-6,8,10-11H,3-4,7,9H2,1-2H3,(H,20,23). The number of carbonyl (C=O) groups excluding carboxylic acids is 1. The van der Waals surface area contributed by atoms with Crippen LogP contribution in [0, 0.1) is 16.0 Å². The number of hydrogen-bond acceptors (Lipinski definition) is 4. The van der Waals surface area contributed by atoms with E-state index < -0.39 is 22.4 Å². The van der Waals surface area contributed by atoms with Gasteiger partial charge in [0.05, 0.1) is 10.5 Å². The lowest BCUT2D eigenvalue weighted by Gasteiger charge is -2.36.